The fourth-order valence-corrected chi connectivity index (χ4v) is 1.71. The van der Waals surface area contributed by atoms with Crippen LogP contribution in [0.15, 0.2) is 28.8 Å². The highest BCUT2D eigenvalue weighted by Gasteiger charge is 2.11. The first-order valence-corrected chi connectivity index (χ1v) is 5.56. The number of nitrogens with zero attached hydrogens (tertiary/aromatic N) is 1. The van der Waals surface area contributed by atoms with Crippen LogP contribution in [0.2, 0.25) is 5.02 Å². The Morgan fingerprint density at radius 1 is 1.50 bits per heavy atom. The molecule has 6 heteroatoms. The van der Waals surface area contributed by atoms with Crippen molar-refractivity contribution in [2.24, 2.45) is 0 Å². The molecule has 0 spiro atoms. The van der Waals surface area contributed by atoms with E-state index in [1.807, 2.05) is 0 Å². The highest BCUT2D eigenvalue weighted by Crippen LogP contribution is 2.29. The molecule has 94 valence electrons. The largest absolute Gasteiger partial charge is 0.481 e. The van der Waals surface area contributed by atoms with E-state index in [2.05, 4.69) is 4.98 Å². The zero-order valence-corrected chi connectivity index (χ0v) is 9.95. The van der Waals surface area contributed by atoms with Crippen LogP contribution >= 0.6 is 11.6 Å². The molecule has 18 heavy (non-hydrogen) atoms. The van der Waals surface area contributed by atoms with Crippen molar-refractivity contribution in [1.82, 2.24) is 4.98 Å². The number of carboxylic acid groups (broad SMARTS) is 1. The number of hydrogen-bond acceptors (Lipinski definition) is 3. The molecule has 0 saturated heterocycles. The van der Waals surface area contributed by atoms with Gasteiger partial charge in [-0.3, -0.25) is 4.79 Å². The van der Waals surface area contributed by atoms with Crippen LogP contribution in [0.5, 0.6) is 0 Å². The molecule has 0 unspecified atom stereocenters. The second-order valence-electron chi connectivity index (χ2n) is 3.64. The van der Waals surface area contributed by atoms with Gasteiger partial charge in [0.15, 0.2) is 11.7 Å². The Morgan fingerprint density at radius 3 is 2.94 bits per heavy atom. The van der Waals surface area contributed by atoms with Crippen molar-refractivity contribution < 1.29 is 18.7 Å². The maximum absolute atomic E-state index is 12.9. The SMILES string of the molecule is O=C(O)CCc1ncc(-c2ccc(F)cc2Cl)o1. The summed E-state index contributed by atoms with van der Waals surface area (Å²) in [6, 6.07) is 3.93. The van der Waals surface area contributed by atoms with Gasteiger partial charge in [0.25, 0.3) is 0 Å². The summed E-state index contributed by atoms with van der Waals surface area (Å²) in [5.74, 6) is -0.655. The van der Waals surface area contributed by atoms with E-state index < -0.39 is 11.8 Å². The molecule has 1 N–H and O–H groups in total. The lowest BCUT2D eigenvalue weighted by atomic mass is 10.2. The van der Waals surface area contributed by atoms with Gasteiger partial charge in [-0.2, -0.15) is 0 Å². The van der Waals surface area contributed by atoms with E-state index >= 15 is 0 Å². The molecule has 1 aromatic heterocycles. The van der Waals surface area contributed by atoms with Crippen molar-refractivity contribution in [2.75, 3.05) is 0 Å². The summed E-state index contributed by atoms with van der Waals surface area (Å²) in [6.45, 7) is 0. The normalized spacial score (nSPS) is 10.6. The van der Waals surface area contributed by atoms with Gasteiger partial charge in [0.2, 0.25) is 0 Å². The van der Waals surface area contributed by atoms with Crippen LogP contribution in [-0.2, 0) is 11.2 Å². The van der Waals surface area contributed by atoms with E-state index in [1.165, 1.54) is 24.4 Å². The van der Waals surface area contributed by atoms with Crippen molar-refractivity contribution in [3.05, 3.63) is 41.1 Å². The van der Waals surface area contributed by atoms with Gasteiger partial charge in [-0.15, -0.1) is 0 Å². The minimum Gasteiger partial charge on any atom is -0.481 e. The molecule has 2 rings (SSSR count). The fourth-order valence-electron chi connectivity index (χ4n) is 1.45. The molecule has 0 aliphatic rings. The quantitative estimate of drug-likeness (QED) is 0.926. The number of aliphatic carboxylic acids is 1. The van der Waals surface area contributed by atoms with Crippen LogP contribution < -0.4 is 0 Å². The zero-order chi connectivity index (χ0) is 13.1. The van der Waals surface area contributed by atoms with E-state index in [-0.39, 0.29) is 17.9 Å². The van der Waals surface area contributed by atoms with Crippen LogP contribution in [0.1, 0.15) is 12.3 Å². The van der Waals surface area contributed by atoms with Gasteiger partial charge in [-0.25, -0.2) is 9.37 Å². The molecule has 0 fully saturated rings. The van der Waals surface area contributed by atoms with Crippen LogP contribution in [0, 0.1) is 5.82 Å². The molecule has 0 amide bonds. The number of aromatic nitrogens is 1. The van der Waals surface area contributed by atoms with Crippen molar-refractivity contribution in [3.8, 4) is 11.3 Å². The minimum absolute atomic E-state index is 0.0584. The third kappa shape index (κ3) is 2.87. The molecule has 0 bridgehead atoms. The van der Waals surface area contributed by atoms with Crippen LogP contribution in [0.4, 0.5) is 4.39 Å². The average molecular weight is 270 g/mol. The minimum atomic E-state index is -0.922. The second kappa shape index (κ2) is 5.18. The topological polar surface area (TPSA) is 63.3 Å². The van der Waals surface area contributed by atoms with E-state index in [4.69, 9.17) is 21.1 Å². The molecule has 0 atom stereocenters. The van der Waals surface area contributed by atoms with Gasteiger partial charge in [0, 0.05) is 12.0 Å². The molecule has 0 radical (unpaired) electrons. The van der Waals surface area contributed by atoms with Gasteiger partial charge in [-0.1, -0.05) is 11.6 Å². The number of carboxylic acids is 1. The molecule has 1 heterocycles. The van der Waals surface area contributed by atoms with Crippen molar-refractivity contribution in [1.29, 1.82) is 0 Å². The molecule has 0 aliphatic heterocycles. The van der Waals surface area contributed by atoms with E-state index in [1.54, 1.807) is 0 Å². The predicted molar refractivity (Wildman–Crippen MR) is 62.9 cm³/mol. The first-order valence-electron chi connectivity index (χ1n) is 5.18. The summed E-state index contributed by atoms with van der Waals surface area (Å²) < 4.78 is 18.2. The third-order valence-corrected chi connectivity index (χ3v) is 2.62. The number of carbonyl (C=O) groups is 1. The summed E-state index contributed by atoms with van der Waals surface area (Å²) >= 11 is 5.88. The lowest BCUT2D eigenvalue weighted by Crippen LogP contribution is -1.97. The van der Waals surface area contributed by atoms with Gasteiger partial charge < -0.3 is 9.52 Å². The first kappa shape index (κ1) is 12.6. The third-order valence-electron chi connectivity index (χ3n) is 2.30. The van der Waals surface area contributed by atoms with Gasteiger partial charge in [0.1, 0.15) is 5.82 Å². The standard InChI is InChI=1S/C12H9ClFNO3/c13-9-5-7(14)1-2-8(9)10-6-15-11(18-10)3-4-12(16)17/h1-2,5-6H,3-4H2,(H,16,17). The lowest BCUT2D eigenvalue weighted by Gasteiger charge is -1.99. The predicted octanol–water partition coefficient (Wildman–Crippen LogP) is 3.15. The average Bonchev–Trinajstić information content (AvgIpc) is 2.75. The Labute approximate surface area is 107 Å². The van der Waals surface area contributed by atoms with Gasteiger partial charge in [0.05, 0.1) is 17.6 Å². The smallest absolute Gasteiger partial charge is 0.303 e. The maximum Gasteiger partial charge on any atom is 0.303 e. The first-order chi connectivity index (χ1) is 8.56. The van der Waals surface area contributed by atoms with Crippen LogP contribution in [0.3, 0.4) is 0 Å². The highest BCUT2D eigenvalue weighted by atomic mass is 35.5. The van der Waals surface area contributed by atoms with Crippen LogP contribution in [-0.4, -0.2) is 16.1 Å². The van der Waals surface area contributed by atoms with E-state index in [0.29, 0.717) is 17.2 Å². The number of hydrogen-bond donors (Lipinski definition) is 1. The summed E-state index contributed by atoms with van der Waals surface area (Å²) in [7, 11) is 0. The van der Waals surface area contributed by atoms with Gasteiger partial charge in [-0.05, 0) is 18.2 Å². The summed E-state index contributed by atoms with van der Waals surface area (Å²) in [6.07, 6.45) is 1.58. The van der Waals surface area contributed by atoms with Crippen molar-refractivity contribution >= 4 is 17.6 Å². The maximum atomic E-state index is 12.9. The fraction of sp³-hybridized carbons (Fsp3) is 0.167. The second-order valence-corrected chi connectivity index (χ2v) is 4.04. The van der Waals surface area contributed by atoms with Crippen LogP contribution in [0.25, 0.3) is 11.3 Å². The van der Waals surface area contributed by atoms with Crippen molar-refractivity contribution in [3.63, 3.8) is 0 Å². The molecular weight excluding hydrogens is 261 g/mol. The van der Waals surface area contributed by atoms with Crippen molar-refractivity contribution in [2.45, 2.75) is 12.8 Å². The molecular formula is C12H9ClFNO3. The Balaban J connectivity index is 2.21. The van der Waals surface area contributed by atoms with Gasteiger partial charge >= 0.3 is 5.97 Å². The monoisotopic (exact) mass is 269 g/mol. The number of aryl methyl sites for hydroxylation is 1. The Morgan fingerprint density at radius 2 is 2.28 bits per heavy atom. The number of benzene rings is 1. The molecule has 2 aromatic rings. The van der Waals surface area contributed by atoms with E-state index in [9.17, 15) is 9.18 Å². The molecule has 4 nitrogen and oxygen atoms in total. The Bertz CT molecular complexity index is 582. The highest BCUT2D eigenvalue weighted by molar-refractivity contribution is 6.33. The number of oxazole rings is 1. The van der Waals surface area contributed by atoms with E-state index in [0.717, 1.165) is 0 Å². The number of rotatable bonds is 4. The summed E-state index contributed by atoms with van der Waals surface area (Å²) in [5, 5.41) is 8.76. The zero-order valence-electron chi connectivity index (χ0n) is 9.19. The molecule has 0 aliphatic carbocycles. The Hall–Kier alpha value is -1.88. The Kier molecular flexibility index (Phi) is 3.62. The lowest BCUT2D eigenvalue weighted by molar-refractivity contribution is -0.137. The molecule has 1 aromatic carbocycles. The number of halogens is 2. The summed E-state index contributed by atoms with van der Waals surface area (Å²) in [5.41, 5.74) is 0.521. The summed E-state index contributed by atoms with van der Waals surface area (Å²) in [4.78, 5) is 14.4. The molecule has 0 saturated carbocycles.